The summed E-state index contributed by atoms with van der Waals surface area (Å²) >= 11 is 0. The molecule has 2 aliphatic rings. The van der Waals surface area contributed by atoms with E-state index in [9.17, 15) is 4.79 Å². The predicted molar refractivity (Wildman–Crippen MR) is 68.6 cm³/mol. The number of piperidine rings is 1. The Hall–Kier alpha value is -0.610. The van der Waals surface area contributed by atoms with Crippen molar-refractivity contribution < 1.29 is 4.79 Å². The molecule has 2 atom stereocenters. The lowest BCUT2D eigenvalue weighted by atomic mass is 9.93. The number of nitrogens with one attached hydrogen (secondary N) is 1. The maximum absolute atomic E-state index is 11.2. The lowest BCUT2D eigenvalue weighted by Gasteiger charge is -2.36. The number of hydrogen-bond acceptors (Lipinski definition) is 3. The van der Waals surface area contributed by atoms with Crippen LogP contribution in [0.4, 0.5) is 0 Å². The fourth-order valence-corrected chi connectivity index (χ4v) is 2.60. The summed E-state index contributed by atoms with van der Waals surface area (Å²) in [5, 5.41) is 3.53. The monoisotopic (exact) mass is 239 g/mol. The second-order valence-corrected chi connectivity index (χ2v) is 5.60. The molecule has 2 rings (SSSR count). The molecule has 1 heterocycles. The minimum absolute atomic E-state index is 0.0718. The Morgan fingerprint density at radius 1 is 1.35 bits per heavy atom. The van der Waals surface area contributed by atoms with Gasteiger partial charge in [0, 0.05) is 18.6 Å². The Labute approximate surface area is 104 Å². The number of nitrogens with zero attached hydrogens (tertiary/aromatic N) is 1. The molecule has 0 radical (unpaired) electrons. The molecule has 0 spiro atoms. The average molecular weight is 239 g/mol. The molecular weight excluding hydrogens is 214 g/mol. The molecule has 1 saturated carbocycles. The summed E-state index contributed by atoms with van der Waals surface area (Å²) in [6.45, 7) is 5.31. The first-order valence-corrected chi connectivity index (χ1v) is 6.93. The Bertz CT molecular complexity index is 265. The van der Waals surface area contributed by atoms with Gasteiger partial charge in [0.15, 0.2) is 0 Å². The van der Waals surface area contributed by atoms with Crippen LogP contribution in [0.5, 0.6) is 0 Å². The molecule has 1 saturated heterocycles. The zero-order valence-corrected chi connectivity index (χ0v) is 10.8. The molecule has 0 aromatic carbocycles. The zero-order valence-electron chi connectivity index (χ0n) is 10.8. The van der Waals surface area contributed by atoms with E-state index < -0.39 is 0 Å². The van der Waals surface area contributed by atoms with E-state index in [0.29, 0.717) is 6.04 Å². The number of nitrogens with two attached hydrogens (primary N) is 1. The van der Waals surface area contributed by atoms with Crippen molar-refractivity contribution in [3.63, 3.8) is 0 Å². The second-order valence-electron chi connectivity index (χ2n) is 5.60. The third kappa shape index (κ3) is 3.96. The van der Waals surface area contributed by atoms with Crippen molar-refractivity contribution in [2.45, 2.75) is 51.1 Å². The van der Waals surface area contributed by atoms with Gasteiger partial charge in [-0.25, -0.2) is 0 Å². The third-order valence-electron chi connectivity index (χ3n) is 4.05. The van der Waals surface area contributed by atoms with Gasteiger partial charge in [-0.3, -0.25) is 9.69 Å². The maximum Gasteiger partial charge on any atom is 0.221 e. The average Bonchev–Trinajstić information content (AvgIpc) is 3.10. The number of primary amides is 1. The quantitative estimate of drug-likeness (QED) is 0.671. The Kier molecular flexibility index (Phi) is 4.40. The van der Waals surface area contributed by atoms with Crippen molar-refractivity contribution in [2.75, 3.05) is 19.6 Å². The summed E-state index contributed by atoms with van der Waals surface area (Å²) in [5.74, 6) is -0.0550. The topological polar surface area (TPSA) is 58.4 Å². The van der Waals surface area contributed by atoms with E-state index in [-0.39, 0.29) is 11.8 Å². The van der Waals surface area contributed by atoms with E-state index in [2.05, 4.69) is 17.1 Å². The summed E-state index contributed by atoms with van der Waals surface area (Å²) in [6, 6.07) is 1.40. The van der Waals surface area contributed by atoms with Gasteiger partial charge < -0.3 is 11.1 Å². The van der Waals surface area contributed by atoms with Crippen molar-refractivity contribution in [1.82, 2.24) is 10.2 Å². The second kappa shape index (κ2) is 5.83. The standard InChI is InChI=1S/C13H25N3O/c1-10-3-4-11(13(14)17)9-16(10)8-2-7-15-12-5-6-12/h10-12,15H,2-9H2,1H3,(H2,14,17). The van der Waals surface area contributed by atoms with E-state index in [1.165, 1.54) is 19.3 Å². The van der Waals surface area contributed by atoms with Gasteiger partial charge >= 0.3 is 0 Å². The van der Waals surface area contributed by atoms with Crippen LogP contribution in [-0.2, 0) is 4.79 Å². The molecule has 3 N–H and O–H groups in total. The van der Waals surface area contributed by atoms with Crippen molar-refractivity contribution >= 4 is 5.91 Å². The molecule has 0 bridgehead atoms. The normalized spacial score (nSPS) is 30.4. The van der Waals surface area contributed by atoms with Gasteiger partial charge in [0.05, 0.1) is 5.92 Å². The summed E-state index contributed by atoms with van der Waals surface area (Å²) < 4.78 is 0. The summed E-state index contributed by atoms with van der Waals surface area (Å²) in [5.41, 5.74) is 5.40. The summed E-state index contributed by atoms with van der Waals surface area (Å²) in [7, 11) is 0. The molecule has 4 nitrogen and oxygen atoms in total. The zero-order chi connectivity index (χ0) is 12.3. The molecule has 17 heavy (non-hydrogen) atoms. The van der Waals surface area contributed by atoms with Gasteiger partial charge in [0.1, 0.15) is 0 Å². The Morgan fingerprint density at radius 3 is 2.76 bits per heavy atom. The van der Waals surface area contributed by atoms with E-state index in [1.54, 1.807) is 0 Å². The van der Waals surface area contributed by atoms with Crippen LogP contribution in [0.3, 0.4) is 0 Å². The molecule has 1 aliphatic heterocycles. The van der Waals surface area contributed by atoms with Crippen LogP contribution in [0.15, 0.2) is 0 Å². The first kappa shape index (κ1) is 12.8. The molecule has 0 aromatic rings. The maximum atomic E-state index is 11.2. The highest BCUT2D eigenvalue weighted by Crippen LogP contribution is 2.22. The molecular formula is C13H25N3O. The molecule has 4 heteroatoms. The van der Waals surface area contributed by atoms with E-state index in [0.717, 1.165) is 38.5 Å². The van der Waals surface area contributed by atoms with Crippen LogP contribution >= 0.6 is 0 Å². The number of hydrogen-bond donors (Lipinski definition) is 2. The highest BCUT2D eigenvalue weighted by atomic mass is 16.1. The molecule has 0 aromatic heterocycles. The van der Waals surface area contributed by atoms with Gasteiger partial charge in [-0.15, -0.1) is 0 Å². The lowest BCUT2D eigenvalue weighted by Crippen LogP contribution is -2.46. The Morgan fingerprint density at radius 2 is 2.12 bits per heavy atom. The summed E-state index contributed by atoms with van der Waals surface area (Å²) in [4.78, 5) is 13.6. The first-order chi connectivity index (χ1) is 8.16. The molecule has 98 valence electrons. The number of amides is 1. The van der Waals surface area contributed by atoms with Crippen molar-refractivity contribution in [1.29, 1.82) is 0 Å². The Balaban J connectivity index is 1.67. The van der Waals surface area contributed by atoms with Gasteiger partial charge in [-0.05, 0) is 52.1 Å². The number of likely N-dealkylation sites (tertiary alicyclic amines) is 1. The lowest BCUT2D eigenvalue weighted by molar-refractivity contribution is -0.123. The fourth-order valence-electron chi connectivity index (χ4n) is 2.60. The molecule has 1 amide bonds. The minimum Gasteiger partial charge on any atom is -0.369 e. The predicted octanol–water partition coefficient (Wildman–Crippen LogP) is 0.714. The first-order valence-electron chi connectivity index (χ1n) is 6.93. The minimum atomic E-state index is -0.127. The fraction of sp³-hybridized carbons (Fsp3) is 0.923. The van der Waals surface area contributed by atoms with Crippen molar-refractivity contribution in [3.8, 4) is 0 Å². The molecule has 2 unspecified atom stereocenters. The van der Waals surface area contributed by atoms with Crippen molar-refractivity contribution in [2.24, 2.45) is 11.7 Å². The van der Waals surface area contributed by atoms with Crippen LogP contribution in [0.25, 0.3) is 0 Å². The van der Waals surface area contributed by atoms with Crippen LogP contribution < -0.4 is 11.1 Å². The SMILES string of the molecule is CC1CCC(C(N)=O)CN1CCCNC1CC1. The largest absolute Gasteiger partial charge is 0.369 e. The van der Waals surface area contributed by atoms with E-state index >= 15 is 0 Å². The van der Waals surface area contributed by atoms with E-state index in [1.807, 2.05) is 0 Å². The number of carbonyl (C=O) groups excluding carboxylic acids is 1. The van der Waals surface area contributed by atoms with Crippen LogP contribution in [0.1, 0.15) is 39.0 Å². The third-order valence-corrected chi connectivity index (χ3v) is 4.05. The molecule has 1 aliphatic carbocycles. The summed E-state index contributed by atoms with van der Waals surface area (Å²) in [6.07, 6.45) is 5.94. The van der Waals surface area contributed by atoms with Gasteiger partial charge in [0.25, 0.3) is 0 Å². The van der Waals surface area contributed by atoms with Gasteiger partial charge in [0.2, 0.25) is 5.91 Å². The van der Waals surface area contributed by atoms with Crippen LogP contribution in [0.2, 0.25) is 0 Å². The smallest absolute Gasteiger partial charge is 0.221 e. The van der Waals surface area contributed by atoms with Gasteiger partial charge in [-0.2, -0.15) is 0 Å². The van der Waals surface area contributed by atoms with E-state index in [4.69, 9.17) is 5.73 Å². The highest BCUT2D eigenvalue weighted by Gasteiger charge is 2.28. The van der Waals surface area contributed by atoms with Crippen LogP contribution in [0, 0.1) is 5.92 Å². The molecule has 2 fully saturated rings. The highest BCUT2D eigenvalue weighted by molar-refractivity contribution is 5.76. The number of carbonyl (C=O) groups is 1. The van der Waals surface area contributed by atoms with Gasteiger partial charge in [-0.1, -0.05) is 0 Å². The van der Waals surface area contributed by atoms with Crippen molar-refractivity contribution in [3.05, 3.63) is 0 Å². The van der Waals surface area contributed by atoms with Crippen LogP contribution in [-0.4, -0.2) is 42.5 Å². The number of rotatable bonds is 6.